The van der Waals surface area contributed by atoms with Crippen LogP contribution in [-0.2, 0) is 10.9 Å². The Kier molecular flexibility index (Phi) is 3.44. The normalized spacial score (nSPS) is 11.8. The van der Waals surface area contributed by atoms with Gasteiger partial charge in [0.05, 0.1) is 7.11 Å². The molecule has 0 aliphatic rings. The van der Waals surface area contributed by atoms with Gasteiger partial charge in [-0.25, -0.2) is 4.79 Å². The molecule has 22 heavy (non-hydrogen) atoms. The Hall–Kier alpha value is -2.28. The average Bonchev–Trinajstić information content (AvgIpc) is 3.09. The molecule has 0 fully saturated rings. The highest BCUT2D eigenvalue weighted by Crippen LogP contribution is 2.44. The lowest BCUT2D eigenvalue weighted by Crippen LogP contribution is -2.06. The molecule has 1 aromatic carbocycles. The maximum Gasteiger partial charge on any atom is 0.426 e. The van der Waals surface area contributed by atoms with Gasteiger partial charge < -0.3 is 9.72 Å². The monoisotopic (exact) mass is 325 g/mol. The molecule has 7 heteroatoms. The van der Waals surface area contributed by atoms with Crippen molar-refractivity contribution in [2.45, 2.75) is 6.18 Å². The number of aromatic nitrogens is 1. The molecule has 0 bridgehead atoms. The number of halogens is 3. The summed E-state index contributed by atoms with van der Waals surface area (Å²) in [7, 11) is 1.19. The van der Waals surface area contributed by atoms with E-state index in [2.05, 4.69) is 9.72 Å². The van der Waals surface area contributed by atoms with Crippen LogP contribution in [0.15, 0.2) is 35.7 Å². The zero-order valence-corrected chi connectivity index (χ0v) is 12.1. The molecule has 0 spiro atoms. The number of esters is 1. The fourth-order valence-corrected chi connectivity index (χ4v) is 3.17. The van der Waals surface area contributed by atoms with E-state index in [0.717, 1.165) is 0 Å². The molecule has 3 rings (SSSR count). The SMILES string of the molecule is COC(=O)c1[nH]c2ccccc2c1-c1ccsc1C(F)(F)F. The standard InChI is InChI=1S/C15H10F3NO2S/c1-21-14(20)12-11(8-4-2-3-5-10(8)19-12)9-6-7-22-13(9)15(16,17)18/h2-7,19H,1H3. The number of ether oxygens (including phenoxy) is 1. The van der Waals surface area contributed by atoms with Gasteiger partial charge in [-0.3, -0.25) is 0 Å². The lowest BCUT2D eigenvalue weighted by molar-refractivity contribution is -0.133. The van der Waals surface area contributed by atoms with Crippen molar-refractivity contribution in [2.75, 3.05) is 7.11 Å². The van der Waals surface area contributed by atoms with Gasteiger partial charge in [0, 0.05) is 22.0 Å². The predicted octanol–water partition coefficient (Wildman–Crippen LogP) is 4.70. The van der Waals surface area contributed by atoms with Gasteiger partial charge in [-0.15, -0.1) is 11.3 Å². The molecule has 2 aromatic heterocycles. The second-order valence-electron chi connectivity index (χ2n) is 4.57. The summed E-state index contributed by atoms with van der Waals surface area (Å²) < 4.78 is 44.2. The minimum absolute atomic E-state index is 0.0182. The van der Waals surface area contributed by atoms with Crippen LogP contribution in [-0.4, -0.2) is 18.1 Å². The summed E-state index contributed by atoms with van der Waals surface area (Å²) in [6.45, 7) is 0. The Labute approximate surface area is 127 Å². The van der Waals surface area contributed by atoms with Gasteiger partial charge >= 0.3 is 12.1 Å². The first-order valence-electron chi connectivity index (χ1n) is 6.27. The zero-order chi connectivity index (χ0) is 15.9. The third-order valence-electron chi connectivity index (χ3n) is 3.29. The number of hydrogen-bond acceptors (Lipinski definition) is 3. The van der Waals surface area contributed by atoms with Crippen LogP contribution in [0.3, 0.4) is 0 Å². The number of alkyl halides is 3. The van der Waals surface area contributed by atoms with Crippen molar-refractivity contribution in [1.82, 2.24) is 4.98 Å². The molecule has 0 aliphatic carbocycles. The summed E-state index contributed by atoms with van der Waals surface area (Å²) in [6.07, 6.45) is -4.48. The summed E-state index contributed by atoms with van der Waals surface area (Å²) in [5.41, 5.74) is 0.802. The molecule has 1 N–H and O–H groups in total. The second kappa shape index (κ2) is 5.17. The fraction of sp³-hybridized carbons (Fsp3) is 0.133. The number of thiophene rings is 1. The van der Waals surface area contributed by atoms with Crippen molar-refractivity contribution in [3.8, 4) is 11.1 Å². The highest BCUT2D eigenvalue weighted by molar-refractivity contribution is 7.10. The van der Waals surface area contributed by atoms with E-state index < -0.39 is 17.0 Å². The highest BCUT2D eigenvalue weighted by atomic mass is 32.1. The average molecular weight is 325 g/mol. The lowest BCUT2D eigenvalue weighted by Gasteiger charge is -2.08. The fourth-order valence-electron chi connectivity index (χ4n) is 2.40. The number of benzene rings is 1. The van der Waals surface area contributed by atoms with Gasteiger partial charge in [-0.1, -0.05) is 18.2 Å². The number of rotatable bonds is 2. The number of carbonyl (C=O) groups is 1. The number of methoxy groups -OCH3 is 1. The summed E-state index contributed by atoms with van der Waals surface area (Å²) in [5, 5.41) is 1.91. The van der Waals surface area contributed by atoms with E-state index in [0.29, 0.717) is 22.2 Å². The minimum Gasteiger partial charge on any atom is -0.464 e. The maximum atomic E-state index is 13.2. The molecule has 3 aromatic rings. The Morgan fingerprint density at radius 2 is 1.95 bits per heavy atom. The van der Waals surface area contributed by atoms with E-state index in [1.165, 1.54) is 18.6 Å². The minimum atomic E-state index is -4.48. The van der Waals surface area contributed by atoms with Crippen molar-refractivity contribution in [1.29, 1.82) is 0 Å². The van der Waals surface area contributed by atoms with E-state index >= 15 is 0 Å². The van der Waals surface area contributed by atoms with Crippen LogP contribution < -0.4 is 0 Å². The molecule has 2 heterocycles. The lowest BCUT2D eigenvalue weighted by atomic mass is 10.0. The first-order valence-corrected chi connectivity index (χ1v) is 7.15. The smallest absolute Gasteiger partial charge is 0.426 e. The Morgan fingerprint density at radius 1 is 1.23 bits per heavy atom. The van der Waals surface area contributed by atoms with Crippen molar-refractivity contribution in [3.63, 3.8) is 0 Å². The van der Waals surface area contributed by atoms with Crippen LogP contribution >= 0.6 is 11.3 Å². The van der Waals surface area contributed by atoms with Gasteiger partial charge in [0.15, 0.2) is 0 Å². The number of H-pyrrole nitrogens is 1. The van der Waals surface area contributed by atoms with E-state index in [1.807, 2.05) is 0 Å². The quantitative estimate of drug-likeness (QED) is 0.694. The molecule has 0 atom stereocenters. The van der Waals surface area contributed by atoms with Crippen LogP contribution in [0.4, 0.5) is 13.2 Å². The molecular formula is C15H10F3NO2S. The molecule has 0 aliphatic heterocycles. The third kappa shape index (κ3) is 2.27. The summed E-state index contributed by atoms with van der Waals surface area (Å²) in [4.78, 5) is 14.0. The molecular weight excluding hydrogens is 315 g/mol. The maximum absolute atomic E-state index is 13.2. The number of carbonyl (C=O) groups excluding carboxylic acids is 1. The first kappa shape index (κ1) is 14.6. The summed E-state index contributed by atoms with van der Waals surface area (Å²) >= 11 is 0.600. The van der Waals surface area contributed by atoms with Crippen molar-refractivity contribution < 1.29 is 22.7 Å². The third-order valence-corrected chi connectivity index (χ3v) is 4.25. The van der Waals surface area contributed by atoms with Gasteiger partial charge in [-0.05, 0) is 17.5 Å². The van der Waals surface area contributed by atoms with Gasteiger partial charge in [0.25, 0.3) is 0 Å². The Bertz CT molecular complexity index is 848. The highest BCUT2D eigenvalue weighted by Gasteiger charge is 2.37. The van der Waals surface area contributed by atoms with E-state index in [9.17, 15) is 18.0 Å². The molecule has 3 nitrogen and oxygen atoms in total. The molecule has 0 saturated heterocycles. The molecule has 0 saturated carbocycles. The second-order valence-corrected chi connectivity index (χ2v) is 5.49. The summed E-state index contributed by atoms with van der Waals surface area (Å²) in [6, 6.07) is 8.19. The van der Waals surface area contributed by atoms with E-state index in [-0.39, 0.29) is 16.8 Å². The van der Waals surface area contributed by atoms with Crippen LogP contribution in [0.1, 0.15) is 15.4 Å². The van der Waals surface area contributed by atoms with E-state index in [4.69, 9.17) is 0 Å². The predicted molar refractivity (Wildman–Crippen MR) is 78.0 cm³/mol. The molecule has 0 unspecified atom stereocenters. The Morgan fingerprint density at radius 3 is 2.64 bits per heavy atom. The zero-order valence-electron chi connectivity index (χ0n) is 11.3. The summed E-state index contributed by atoms with van der Waals surface area (Å²) in [5.74, 6) is -0.703. The van der Waals surface area contributed by atoms with Crippen LogP contribution in [0.2, 0.25) is 0 Å². The van der Waals surface area contributed by atoms with Gasteiger partial charge in [0.1, 0.15) is 10.6 Å². The number of para-hydroxylation sites is 1. The first-order chi connectivity index (χ1) is 10.4. The largest absolute Gasteiger partial charge is 0.464 e. The van der Waals surface area contributed by atoms with Crippen molar-refractivity contribution >= 4 is 28.2 Å². The van der Waals surface area contributed by atoms with Crippen LogP contribution in [0, 0.1) is 0 Å². The number of fused-ring (bicyclic) bond motifs is 1. The molecule has 0 amide bonds. The van der Waals surface area contributed by atoms with Crippen LogP contribution in [0.25, 0.3) is 22.0 Å². The topological polar surface area (TPSA) is 42.1 Å². The number of nitrogens with one attached hydrogen (secondary N) is 1. The van der Waals surface area contributed by atoms with Crippen molar-refractivity contribution in [3.05, 3.63) is 46.3 Å². The Balaban J connectivity index is 2.35. The van der Waals surface area contributed by atoms with E-state index in [1.54, 1.807) is 24.3 Å². The van der Waals surface area contributed by atoms with Gasteiger partial charge in [0.2, 0.25) is 0 Å². The molecule has 0 radical (unpaired) electrons. The van der Waals surface area contributed by atoms with Crippen LogP contribution in [0.5, 0.6) is 0 Å². The number of hydrogen-bond donors (Lipinski definition) is 1. The van der Waals surface area contributed by atoms with Crippen molar-refractivity contribution in [2.24, 2.45) is 0 Å². The van der Waals surface area contributed by atoms with Gasteiger partial charge in [-0.2, -0.15) is 13.2 Å². The number of aromatic amines is 1. The molecule has 114 valence electrons.